The van der Waals surface area contributed by atoms with Crippen LogP contribution in [-0.4, -0.2) is 16.1 Å². The molecule has 118 valence electrons. The number of carboxylic acids is 1. The van der Waals surface area contributed by atoms with Crippen LogP contribution in [0.5, 0.6) is 0 Å². The van der Waals surface area contributed by atoms with Crippen LogP contribution < -0.4 is 0 Å². The molecular formula is C19H18FNO2. The van der Waals surface area contributed by atoms with Crippen molar-refractivity contribution < 1.29 is 14.3 Å². The first-order valence-corrected chi connectivity index (χ1v) is 7.58. The highest BCUT2D eigenvalue weighted by Gasteiger charge is 2.17. The van der Waals surface area contributed by atoms with Gasteiger partial charge in [-0.15, -0.1) is 0 Å². The van der Waals surface area contributed by atoms with Crippen LogP contribution in [-0.2, 0) is 11.2 Å². The molecule has 0 radical (unpaired) electrons. The molecule has 0 aliphatic heterocycles. The van der Waals surface area contributed by atoms with E-state index in [9.17, 15) is 14.3 Å². The second-order valence-corrected chi connectivity index (χ2v) is 5.99. The molecule has 0 amide bonds. The summed E-state index contributed by atoms with van der Waals surface area (Å²) in [5.41, 5.74) is 3.70. The molecule has 0 saturated carbocycles. The lowest BCUT2D eigenvalue weighted by molar-refractivity contribution is -0.136. The van der Waals surface area contributed by atoms with Crippen LogP contribution in [0, 0.1) is 5.82 Å². The van der Waals surface area contributed by atoms with Crippen molar-refractivity contribution in [2.24, 2.45) is 0 Å². The van der Waals surface area contributed by atoms with Gasteiger partial charge in [-0.2, -0.15) is 0 Å². The Hall–Kier alpha value is -2.62. The Kier molecular flexibility index (Phi) is 3.90. The van der Waals surface area contributed by atoms with Gasteiger partial charge in [0, 0.05) is 5.39 Å². The van der Waals surface area contributed by atoms with Crippen molar-refractivity contribution in [3.05, 3.63) is 59.4 Å². The van der Waals surface area contributed by atoms with E-state index >= 15 is 0 Å². The predicted molar refractivity (Wildman–Crippen MR) is 89.1 cm³/mol. The fourth-order valence-electron chi connectivity index (χ4n) is 2.85. The Morgan fingerprint density at radius 2 is 1.87 bits per heavy atom. The summed E-state index contributed by atoms with van der Waals surface area (Å²) >= 11 is 0. The van der Waals surface area contributed by atoms with Gasteiger partial charge < -0.3 is 10.1 Å². The maximum Gasteiger partial charge on any atom is 0.307 e. The molecule has 0 aliphatic carbocycles. The second-order valence-electron chi connectivity index (χ2n) is 5.99. The zero-order valence-electron chi connectivity index (χ0n) is 13.1. The summed E-state index contributed by atoms with van der Waals surface area (Å²) in [5, 5.41) is 9.82. The number of aromatic nitrogens is 1. The Labute approximate surface area is 133 Å². The Balaban J connectivity index is 2.19. The number of rotatable bonds is 4. The third-order valence-electron chi connectivity index (χ3n) is 4.08. The fourth-order valence-corrected chi connectivity index (χ4v) is 2.85. The van der Waals surface area contributed by atoms with Crippen LogP contribution in [0.3, 0.4) is 0 Å². The number of benzene rings is 2. The molecular weight excluding hydrogens is 293 g/mol. The summed E-state index contributed by atoms with van der Waals surface area (Å²) in [4.78, 5) is 14.3. The zero-order chi connectivity index (χ0) is 16.6. The molecule has 0 unspecified atom stereocenters. The van der Waals surface area contributed by atoms with Gasteiger partial charge in [-0.05, 0) is 28.7 Å². The molecule has 4 heteroatoms. The second kappa shape index (κ2) is 5.88. The van der Waals surface area contributed by atoms with Crippen molar-refractivity contribution in [3.8, 4) is 11.3 Å². The largest absolute Gasteiger partial charge is 0.481 e. The molecule has 2 N–H and O–H groups in total. The Bertz CT molecular complexity index is 863. The maximum absolute atomic E-state index is 14.0. The van der Waals surface area contributed by atoms with Crippen molar-refractivity contribution in [1.82, 2.24) is 4.98 Å². The van der Waals surface area contributed by atoms with Gasteiger partial charge in [-0.3, -0.25) is 4.79 Å². The van der Waals surface area contributed by atoms with Crippen molar-refractivity contribution >= 4 is 16.9 Å². The first kappa shape index (κ1) is 15.3. The summed E-state index contributed by atoms with van der Waals surface area (Å²) in [6.45, 7) is 4.23. The van der Waals surface area contributed by atoms with Gasteiger partial charge in [0.2, 0.25) is 0 Å². The van der Waals surface area contributed by atoms with E-state index in [2.05, 4.69) is 18.8 Å². The van der Waals surface area contributed by atoms with Crippen LogP contribution in [0.15, 0.2) is 42.5 Å². The van der Waals surface area contributed by atoms with E-state index in [1.807, 2.05) is 24.3 Å². The van der Waals surface area contributed by atoms with Crippen molar-refractivity contribution in [1.29, 1.82) is 0 Å². The number of para-hydroxylation sites is 1. The smallest absolute Gasteiger partial charge is 0.307 e. The van der Waals surface area contributed by atoms with Gasteiger partial charge in [-0.25, -0.2) is 4.39 Å². The van der Waals surface area contributed by atoms with Gasteiger partial charge >= 0.3 is 5.97 Å². The van der Waals surface area contributed by atoms with Crippen molar-refractivity contribution in [3.63, 3.8) is 0 Å². The van der Waals surface area contributed by atoms with E-state index in [0.29, 0.717) is 28.1 Å². The number of carboxylic acid groups (broad SMARTS) is 1. The Morgan fingerprint density at radius 1 is 1.17 bits per heavy atom. The summed E-state index contributed by atoms with van der Waals surface area (Å²) in [7, 11) is 0. The molecule has 0 spiro atoms. The monoisotopic (exact) mass is 311 g/mol. The number of aromatic amines is 1. The average molecular weight is 311 g/mol. The molecule has 3 rings (SSSR count). The fraction of sp³-hybridized carbons (Fsp3) is 0.211. The van der Waals surface area contributed by atoms with E-state index in [-0.39, 0.29) is 12.2 Å². The highest BCUT2D eigenvalue weighted by molar-refractivity contribution is 5.94. The Morgan fingerprint density at radius 3 is 2.48 bits per heavy atom. The number of aliphatic carboxylic acids is 1. The highest BCUT2D eigenvalue weighted by Crippen LogP contribution is 2.32. The minimum Gasteiger partial charge on any atom is -0.481 e. The number of nitrogens with one attached hydrogen (secondary N) is 1. The molecule has 3 nitrogen and oxygen atoms in total. The summed E-state index contributed by atoms with van der Waals surface area (Å²) in [5.74, 6) is -0.892. The number of H-pyrrole nitrogens is 1. The molecule has 0 atom stereocenters. The lowest BCUT2D eigenvalue weighted by Gasteiger charge is -2.07. The van der Waals surface area contributed by atoms with E-state index in [1.165, 1.54) is 11.6 Å². The average Bonchev–Trinajstić information content (AvgIpc) is 2.87. The number of hydrogen-bond donors (Lipinski definition) is 2. The van der Waals surface area contributed by atoms with Gasteiger partial charge in [-0.1, -0.05) is 50.2 Å². The quantitative estimate of drug-likeness (QED) is 0.732. The third kappa shape index (κ3) is 2.84. The molecule has 1 aromatic heterocycles. The van der Waals surface area contributed by atoms with E-state index in [1.54, 1.807) is 12.1 Å². The topological polar surface area (TPSA) is 53.1 Å². The maximum atomic E-state index is 14.0. The van der Waals surface area contributed by atoms with Gasteiger partial charge in [0.25, 0.3) is 0 Å². The van der Waals surface area contributed by atoms with Crippen LogP contribution in [0.1, 0.15) is 30.9 Å². The molecule has 1 heterocycles. The highest BCUT2D eigenvalue weighted by atomic mass is 19.1. The van der Waals surface area contributed by atoms with Crippen LogP contribution in [0.4, 0.5) is 4.39 Å². The minimum absolute atomic E-state index is 0.148. The molecule has 0 aliphatic rings. The zero-order valence-corrected chi connectivity index (χ0v) is 13.1. The standard InChI is InChI=1S/C19H18FNO2/c1-11(2)12-6-8-13(9-7-12)18-15(10-17(22)23)14-4-3-5-16(20)19(14)21-18/h3-9,11,21H,10H2,1-2H3,(H,22,23). The van der Waals surface area contributed by atoms with Crippen molar-refractivity contribution in [2.75, 3.05) is 0 Å². The van der Waals surface area contributed by atoms with Crippen LogP contribution in [0.2, 0.25) is 0 Å². The summed E-state index contributed by atoms with van der Waals surface area (Å²) in [6.07, 6.45) is -0.148. The predicted octanol–water partition coefficient (Wildman–Crippen LogP) is 4.72. The molecule has 23 heavy (non-hydrogen) atoms. The van der Waals surface area contributed by atoms with E-state index < -0.39 is 5.97 Å². The number of halogens is 1. The lowest BCUT2D eigenvalue weighted by Crippen LogP contribution is -2.01. The normalized spacial score (nSPS) is 11.3. The van der Waals surface area contributed by atoms with Gasteiger partial charge in [0.1, 0.15) is 5.82 Å². The van der Waals surface area contributed by atoms with E-state index in [0.717, 1.165) is 5.56 Å². The number of carbonyl (C=O) groups is 1. The number of fused-ring (bicyclic) bond motifs is 1. The first-order chi connectivity index (χ1) is 11.0. The molecule has 0 bridgehead atoms. The molecule has 3 aromatic rings. The van der Waals surface area contributed by atoms with E-state index in [4.69, 9.17) is 0 Å². The van der Waals surface area contributed by atoms with Crippen molar-refractivity contribution in [2.45, 2.75) is 26.2 Å². The van der Waals surface area contributed by atoms with Crippen LogP contribution >= 0.6 is 0 Å². The van der Waals surface area contributed by atoms with Gasteiger partial charge in [0.15, 0.2) is 0 Å². The minimum atomic E-state index is -0.935. The number of hydrogen-bond acceptors (Lipinski definition) is 1. The molecule has 2 aromatic carbocycles. The molecule has 0 saturated heterocycles. The SMILES string of the molecule is CC(C)c1ccc(-c2[nH]c3c(F)cccc3c2CC(=O)O)cc1. The lowest BCUT2D eigenvalue weighted by atomic mass is 9.98. The summed E-state index contributed by atoms with van der Waals surface area (Å²) < 4.78 is 14.0. The summed E-state index contributed by atoms with van der Waals surface area (Å²) in [6, 6.07) is 12.7. The third-order valence-corrected chi connectivity index (χ3v) is 4.08. The van der Waals surface area contributed by atoms with Gasteiger partial charge in [0.05, 0.1) is 17.6 Å². The van der Waals surface area contributed by atoms with Crippen LogP contribution in [0.25, 0.3) is 22.2 Å². The molecule has 0 fully saturated rings. The first-order valence-electron chi connectivity index (χ1n) is 7.58.